The van der Waals surface area contributed by atoms with Crippen molar-refractivity contribution in [1.82, 2.24) is 4.90 Å². The molecule has 21 heavy (non-hydrogen) atoms. The van der Waals surface area contributed by atoms with E-state index in [0.717, 1.165) is 12.8 Å². The van der Waals surface area contributed by atoms with Gasteiger partial charge in [0.2, 0.25) is 0 Å². The van der Waals surface area contributed by atoms with Gasteiger partial charge in [0.1, 0.15) is 17.2 Å². The summed E-state index contributed by atoms with van der Waals surface area (Å²) >= 11 is 0. The average Bonchev–Trinajstić information content (AvgIpc) is 2.70. The molecule has 2 fully saturated rings. The third kappa shape index (κ3) is 2.82. The number of unbranched alkanes of at least 4 members (excludes halogenated alkanes) is 1. The smallest absolute Gasteiger partial charge is 0.409 e. The molecule has 2 saturated heterocycles. The van der Waals surface area contributed by atoms with Crippen molar-refractivity contribution in [1.29, 1.82) is 0 Å². The predicted molar refractivity (Wildman–Crippen MR) is 74.3 cm³/mol. The third-order valence-electron chi connectivity index (χ3n) is 4.26. The van der Waals surface area contributed by atoms with E-state index in [1.807, 2.05) is 6.92 Å². The summed E-state index contributed by atoms with van der Waals surface area (Å²) in [7, 11) is 0. The Kier molecular flexibility index (Phi) is 4.69. The van der Waals surface area contributed by atoms with Crippen molar-refractivity contribution >= 4 is 17.8 Å². The number of carbonyl (C=O) groups excluding carboxylic acids is 2. The zero-order valence-corrected chi connectivity index (χ0v) is 12.5. The molecule has 118 valence electrons. The number of hydrogen-bond donors (Lipinski definition) is 1. The Hall–Kier alpha value is -1.79. The number of piperidine rings is 1. The minimum atomic E-state index is -0.881. The molecule has 0 bridgehead atoms. The number of oxime groups is 1. The van der Waals surface area contributed by atoms with Gasteiger partial charge < -0.3 is 19.6 Å². The van der Waals surface area contributed by atoms with Crippen molar-refractivity contribution in [3.63, 3.8) is 0 Å². The van der Waals surface area contributed by atoms with Gasteiger partial charge in [-0.15, -0.1) is 0 Å². The van der Waals surface area contributed by atoms with Crippen LogP contribution in [0.1, 0.15) is 39.5 Å². The molecule has 0 aliphatic carbocycles. The number of carbonyl (C=O) groups is 2. The molecule has 0 saturated carbocycles. The number of rotatable bonds is 3. The fourth-order valence-electron chi connectivity index (χ4n) is 2.93. The van der Waals surface area contributed by atoms with Crippen LogP contribution in [0.15, 0.2) is 5.16 Å². The summed E-state index contributed by atoms with van der Waals surface area (Å²) in [6.07, 6.45) is 1.76. The fourth-order valence-corrected chi connectivity index (χ4v) is 2.93. The van der Waals surface area contributed by atoms with Crippen LogP contribution in [-0.4, -0.2) is 53.7 Å². The van der Waals surface area contributed by atoms with E-state index in [1.54, 1.807) is 11.8 Å². The molecule has 0 aromatic rings. The number of hydrogen-bond acceptors (Lipinski definition) is 6. The second kappa shape index (κ2) is 6.32. The maximum atomic E-state index is 12.1. The summed E-state index contributed by atoms with van der Waals surface area (Å²) in [5.41, 5.74) is -0.513. The predicted octanol–water partition coefficient (Wildman–Crippen LogP) is 1.78. The zero-order valence-electron chi connectivity index (χ0n) is 12.5. The number of esters is 1. The van der Waals surface area contributed by atoms with E-state index in [2.05, 4.69) is 5.16 Å². The Labute approximate surface area is 123 Å². The molecule has 0 radical (unpaired) electrons. The molecule has 1 atom stereocenters. The van der Waals surface area contributed by atoms with Crippen molar-refractivity contribution in [2.75, 3.05) is 19.7 Å². The Morgan fingerprint density at radius 1 is 1.52 bits per heavy atom. The van der Waals surface area contributed by atoms with Gasteiger partial charge >= 0.3 is 12.1 Å². The Morgan fingerprint density at radius 3 is 2.76 bits per heavy atom. The molecule has 2 aliphatic heterocycles. The van der Waals surface area contributed by atoms with E-state index in [1.165, 1.54) is 0 Å². The normalized spacial score (nSPS) is 26.2. The summed E-state index contributed by atoms with van der Waals surface area (Å²) in [5, 5.41) is 12.4. The molecule has 0 aromatic carbocycles. The van der Waals surface area contributed by atoms with Gasteiger partial charge in [-0.1, -0.05) is 18.5 Å². The highest BCUT2D eigenvalue weighted by molar-refractivity contribution is 6.13. The molecule has 2 heterocycles. The van der Waals surface area contributed by atoms with E-state index in [-0.39, 0.29) is 12.1 Å². The van der Waals surface area contributed by atoms with Gasteiger partial charge in [-0.2, -0.15) is 0 Å². The van der Waals surface area contributed by atoms with E-state index in [0.29, 0.717) is 38.2 Å². The monoisotopic (exact) mass is 298 g/mol. The second-order valence-electron chi connectivity index (χ2n) is 5.57. The highest BCUT2D eigenvalue weighted by Gasteiger charge is 2.55. The first-order chi connectivity index (χ1) is 10.0. The van der Waals surface area contributed by atoms with Crippen LogP contribution in [0, 0.1) is 5.41 Å². The molecular weight excluding hydrogens is 276 g/mol. The lowest BCUT2D eigenvalue weighted by Crippen LogP contribution is -2.48. The Bertz CT molecular complexity index is 441. The van der Waals surface area contributed by atoms with Crippen LogP contribution in [0.4, 0.5) is 4.79 Å². The molecule has 1 spiro atoms. The van der Waals surface area contributed by atoms with Crippen molar-refractivity contribution < 1.29 is 24.3 Å². The highest BCUT2D eigenvalue weighted by Crippen LogP contribution is 2.41. The summed E-state index contributed by atoms with van der Waals surface area (Å²) in [5.74, 6) is -0.359. The molecule has 0 aromatic heterocycles. The van der Waals surface area contributed by atoms with Crippen LogP contribution in [0.2, 0.25) is 0 Å². The molecule has 2 aliphatic rings. The SMILES string of the molecule is CCCCOC(=O)N1CCC2(CC1)C(=O)O[C@@H](C)C2=NO. The van der Waals surface area contributed by atoms with Crippen LogP contribution in [0.25, 0.3) is 0 Å². The zero-order chi connectivity index (χ0) is 15.5. The lowest BCUT2D eigenvalue weighted by molar-refractivity contribution is -0.149. The molecule has 2 rings (SSSR count). The first-order valence-corrected chi connectivity index (χ1v) is 7.40. The molecule has 0 unspecified atom stereocenters. The topological polar surface area (TPSA) is 88.4 Å². The lowest BCUT2D eigenvalue weighted by atomic mass is 9.74. The summed E-state index contributed by atoms with van der Waals surface area (Å²) in [6, 6.07) is 0. The van der Waals surface area contributed by atoms with Crippen LogP contribution < -0.4 is 0 Å². The van der Waals surface area contributed by atoms with Gasteiger partial charge in [0.25, 0.3) is 0 Å². The number of nitrogens with zero attached hydrogens (tertiary/aromatic N) is 2. The van der Waals surface area contributed by atoms with E-state index >= 15 is 0 Å². The van der Waals surface area contributed by atoms with E-state index in [4.69, 9.17) is 14.7 Å². The lowest BCUT2D eigenvalue weighted by Gasteiger charge is -2.35. The standard InChI is InChI=1S/C14H22N2O5/c1-3-4-9-20-13(18)16-7-5-14(6-8-16)11(15-19)10(2)21-12(14)17/h10,19H,3-9H2,1-2H3/t10-/m0/s1. The largest absolute Gasteiger partial charge is 0.456 e. The van der Waals surface area contributed by atoms with Crippen molar-refractivity contribution in [2.24, 2.45) is 10.6 Å². The summed E-state index contributed by atoms with van der Waals surface area (Å²) in [6.45, 7) is 4.92. The minimum Gasteiger partial charge on any atom is -0.456 e. The summed E-state index contributed by atoms with van der Waals surface area (Å²) < 4.78 is 10.3. The average molecular weight is 298 g/mol. The van der Waals surface area contributed by atoms with Gasteiger partial charge in [-0.05, 0) is 26.2 Å². The molecule has 7 nitrogen and oxygen atoms in total. The van der Waals surface area contributed by atoms with Crippen molar-refractivity contribution in [3.05, 3.63) is 0 Å². The fraction of sp³-hybridized carbons (Fsp3) is 0.786. The molecule has 1 N–H and O–H groups in total. The summed E-state index contributed by atoms with van der Waals surface area (Å²) in [4.78, 5) is 25.5. The number of ether oxygens (including phenoxy) is 2. The highest BCUT2D eigenvalue weighted by atomic mass is 16.6. The van der Waals surface area contributed by atoms with Crippen molar-refractivity contribution in [2.45, 2.75) is 45.6 Å². The molecule has 1 amide bonds. The maximum absolute atomic E-state index is 12.1. The Balaban J connectivity index is 1.96. The second-order valence-corrected chi connectivity index (χ2v) is 5.57. The van der Waals surface area contributed by atoms with E-state index in [9.17, 15) is 9.59 Å². The number of likely N-dealkylation sites (tertiary alicyclic amines) is 1. The van der Waals surface area contributed by atoms with Crippen LogP contribution in [0.3, 0.4) is 0 Å². The Morgan fingerprint density at radius 2 is 2.19 bits per heavy atom. The number of cyclic esters (lactones) is 1. The van der Waals surface area contributed by atoms with Crippen LogP contribution >= 0.6 is 0 Å². The first-order valence-electron chi connectivity index (χ1n) is 7.40. The van der Waals surface area contributed by atoms with Gasteiger partial charge in [0.05, 0.1) is 6.61 Å². The van der Waals surface area contributed by atoms with Gasteiger partial charge in [-0.3, -0.25) is 4.79 Å². The minimum absolute atomic E-state index is 0.347. The van der Waals surface area contributed by atoms with Gasteiger partial charge in [0, 0.05) is 13.1 Å². The first kappa shape index (κ1) is 15.6. The van der Waals surface area contributed by atoms with Crippen LogP contribution in [0.5, 0.6) is 0 Å². The van der Waals surface area contributed by atoms with Gasteiger partial charge in [0.15, 0.2) is 0 Å². The van der Waals surface area contributed by atoms with E-state index < -0.39 is 11.5 Å². The van der Waals surface area contributed by atoms with Crippen molar-refractivity contribution in [3.8, 4) is 0 Å². The van der Waals surface area contributed by atoms with Crippen LogP contribution in [-0.2, 0) is 14.3 Å². The third-order valence-corrected chi connectivity index (χ3v) is 4.26. The quantitative estimate of drug-likeness (QED) is 0.371. The van der Waals surface area contributed by atoms with Gasteiger partial charge in [-0.25, -0.2) is 4.79 Å². The molecule has 7 heteroatoms. The molecular formula is C14H22N2O5. The maximum Gasteiger partial charge on any atom is 0.409 e. The number of amides is 1.